The molecular weight excluding hydrogens is 252 g/mol. The predicted molar refractivity (Wildman–Crippen MR) is 77.0 cm³/mol. The minimum absolute atomic E-state index is 0.00358. The molecule has 4 aliphatic carbocycles. The van der Waals surface area contributed by atoms with Crippen LogP contribution in [-0.2, 0) is 14.3 Å². The van der Waals surface area contributed by atoms with E-state index >= 15 is 0 Å². The zero-order chi connectivity index (χ0) is 14.6. The van der Waals surface area contributed by atoms with Crippen LogP contribution in [-0.4, -0.2) is 17.2 Å². The molecule has 4 aliphatic rings. The van der Waals surface area contributed by atoms with E-state index in [9.17, 15) is 4.79 Å². The van der Waals surface area contributed by atoms with Crippen molar-refractivity contribution in [3.05, 3.63) is 12.8 Å². The summed E-state index contributed by atoms with van der Waals surface area (Å²) in [6.07, 6.45) is 7.78. The second-order valence-corrected chi connectivity index (χ2v) is 8.21. The first-order valence-corrected chi connectivity index (χ1v) is 7.78. The van der Waals surface area contributed by atoms with Gasteiger partial charge in [-0.15, -0.1) is 0 Å². The lowest BCUT2D eigenvalue weighted by atomic mass is 9.48. The predicted octanol–water partition coefficient (Wildman–Crippen LogP) is 3.83. The van der Waals surface area contributed by atoms with Gasteiger partial charge in [0.05, 0.1) is 11.7 Å². The molecule has 0 heterocycles. The minimum atomic E-state index is -0.410. The van der Waals surface area contributed by atoms with Gasteiger partial charge in [0.25, 0.3) is 0 Å². The molecule has 4 fully saturated rings. The van der Waals surface area contributed by atoms with Gasteiger partial charge in [0.2, 0.25) is 0 Å². The summed E-state index contributed by atoms with van der Waals surface area (Å²) in [7, 11) is 0. The van der Waals surface area contributed by atoms with Crippen LogP contribution in [0.15, 0.2) is 12.8 Å². The summed E-state index contributed by atoms with van der Waals surface area (Å²) in [5.74, 6) is 1.23. The molecule has 0 spiro atoms. The summed E-state index contributed by atoms with van der Waals surface area (Å²) in [6, 6.07) is 0. The van der Waals surface area contributed by atoms with E-state index in [4.69, 9.17) is 9.47 Å². The Kier molecular flexibility index (Phi) is 2.97. The van der Waals surface area contributed by atoms with Crippen LogP contribution in [0.5, 0.6) is 0 Å². The zero-order valence-electron chi connectivity index (χ0n) is 12.9. The quantitative estimate of drug-likeness (QED) is 0.581. The number of esters is 1. The molecule has 0 radical (unpaired) electrons. The molecule has 0 N–H and O–H groups in total. The molecule has 0 amide bonds. The lowest BCUT2D eigenvalue weighted by Gasteiger charge is -2.60. The largest absolute Gasteiger partial charge is 0.495 e. The number of carbonyl (C=O) groups is 1. The van der Waals surface area contributed by atoms with E-state index in [1.54, 1.807) is 6.26 Å². The summed E-state index contributed by atoms with van der Waals surface area (Å²) < 4.78 is 11.6. The highest BCUT2D eigenvalue weighted by molar-refractivity contribution is 5.78. The Morgan fingerprint density at radius 1 is 1.20 bits per heavy atom. The SMILES string of the molecule is C=COC12C[C@H]3C[C@@H](C1)CC(C(=O)OC(C)(C)C)(C3)C2. The Morgan fingerprint density at radius 2 is 1.80 bits per heavy atom. The summed E-state index contributed by atoms with van der Waals surface area (Å²) >= 11 is 0. The van der Waals surface area contributed by atoms with Gasteiger partial charge >= 0.3 is 5.97 Å². The van der Waals surface area contributed by atoms with Crippen molar-refractivity contribution in [1.82, 2.24) is 0 Å². The van der Waals surface area contributed by atoms with Crippen molar-refractivity contribution in [2.24, 2.45) is 17.3 Å². The van der Waals surface area contributed by atoms with Crippen molar-refractivity contribution in [3.8, 4) is 0 Å². The zero-order valence-corrected chi connectivity index (χ0v) is 12.9. The molecule has 112 valence electrons. The average molecular weight is 278 g/mol. The van der Waals surface area contributed by atoms with E-state index in [2.05, 4.69) is 6.58 Å². The molecule has 0 aliphatic heterocycles. The maximum Gasteiger partial charge on any atom is 0.312 e. The number of rotatable bonds is 3. The molecule has 3 nitrogen and oxygen atoms in total. The highest BCUT2D eigenvalue weighted by Gasteiger charge is 2.62. The highest BCUT2D eigenvalue weighted by Crippen LogP contribution is 2.63. The van der Waals surface area contributed by atoms with Gasteiger partial charge in [-0.05, 0) is 64.7 Å². The van der Waals surface area contributed by atoms with Crippen LogP contribution in [0, 0.1) is 17.3 Å². The standard InChI is InChI=1S/C17H26O3/c1-5-19-17-9-12-6-13(10-17)8-16(7-12,11-17)14(18)20-15(2,3)4/h5,12-13H,1,6-11H2,2-4H3/t12-,13+,16?,17?. The van der Waals surface area contributed by atoms with E-state index in [1.165, 1.54) is 6.42 Å². The second kappa shape index (κ2) is 4.25. The summed E-state index contributed by atoms with van der Waals surface area (Å²) in [6.45, 7) is 9.56. The first kappa shape index (κ1) is 14.0. The van der Waals surface area contributed by atoms with Crippen molar-refractivity contribution in [2.45, 2.75) is 70.5 Å². The fourth-order valence-electron chi connectivity index (χ4n) is 5.12. The normalized spacial score (nSPS) is 42.4. The van der Waals surface area contributed by atoms with Crippen molar-refractivity contribution in [2.75, 3.05) is 0 Å². The van der Waals surface area contributed by atoms with Gasteiger partial charge in [-0.1, -0.05) is 6.58 Å². The topological polar surface area (TPSA) is 35.5 Å². The van der Waals surface area contributed by atoms with Gasteiger partial charge in [0.1, 0.15) is 11.2 Å². The fourth-order valence-corrected chi connectivity index (χ4v) is 5.12. The van der Waals surface area contributed by atoms with Gasteiger partial charge in [0.15, 0.2) is 0 Å². The molecule has 4 saturated carbocycles. The third kappa shape index (κ3) is 2.25. The second-order valence-electron chi connectivity index (χ2n) is 8.21. The molecule has 0 saturated heterocycles. The average Bonchev–Trinajstić information content (AvgIpc) is 2.24. The molecule has 4 bridgehead atoms. The van der Waals surface area contributed by atoms with Crippen LogP contribution in [0.4, 0.5) is 0 Å². The van der Waals surface area contributed by atoms with Crippen LogP contribution >= 0.6 is 0 Å². The Labute approximate surface area is 121 Å². The third-order valence-electron chi connectivity index (χ3n) is 5.17. The number of carbonyl (C=O) groups excluding carboxylic acids is 1. The molecular formula is C17H26O3. The summed E-state index contributed by atoms with van der Waals surface area (Å²) in [4.78, 5) is 12.8. The van der Waals surface area contributed by atoms with Crippen LogP contribution < -0.4 is 0 Å². The Balaban J connectivity index is 1.86. The van der Waals surface area contributed by atoms with E-state index in [0.717, 1.165) is 32.1 Å². The highest BCUT2D eigenvalue weighted by atomic mass is 16.6. The van der Waals surface area contributed by atoms with E-state index in [-0.39, 0.29) is 17.0 Å². The molecule has 3 heteroatoms. The van der Waals surface area contributed by atoms with Gasteiger partial charge < -0.3 is 9.47 Å². The lowest BCUT2D eigenvalue weighted by Crippen LogP contribution is -2.59. The van der Waals surface area contributed by atoms with Crippen molar-refractivity contribution in [3.63, 3.8) is 0 Å². The van der Waals surface area contributed by atoms with Crippen LogP contribution in [0.2, 0.25) is 0 Å². The molecule has 2 unspecified atom stereocenters. The summed E-state index contributed by atoms with van der Waals surface area (Å²) in [5, 5.41) is 0. The Bertz CT molecular complexity index is 418. The van der Waals surface area contributed by atoms with E-state index in [0.29, 0.717) is 11.8 Å². The van der Waals surface area contributed by atoms with Crippen LogP contribution in [0.25, 0.3) is 0 Å². The van der Waals surface area contributed by atoms with Crippen molar-refractivity contribution < 1.29 is 14.3 Å². The van der Waals surface area contributed by atoms with E-state index < -0.39 is 5.60 Å². The maximum absolute atomic E-state index is 12.8. The van der Waals surface area contributed by atoms with Crippen LogP contribution in [0.1, 0.15) is 59.3 Å². The summed E-state index contributed by atoms with van der Waals surface area (Å²) in [5.41, 5.74) is -0.865. The van der Waals surface area contributed by atoms with Gasteiger partial charge in [0, 0.05) is 6.42 Å². The van der Waals surface area contributed by atoms with Gasteiger partial charge in [-0.2, -0.15) is 0 Å². The molecule has 4 atom stereocenters. The van der Waals surface area contributed by atoms with Crippen LogP contribution in [0.3, 0.4) is 0 Å². The Morgan fingerprint density at radius 3 is 2.30 bits per heavy atom. The monoisotopic (exact) mass is 278 g/mol. The molecule has 0 aromatic heterocycles. The fraction of sp³-hybridized carbons (Fsp3) is 0.824. The van der Waals surface area contributed by atoms with Gasteiger partial charge in [-0.25, -0.2) is 0 Å². The first-order valence-electron chi connectivity index (χ1n) is 7.78. The number of hydrogen-bond donors (Lipinski definition) is 0. The molecule has 20 heavy (non-hydrogen) atoms. The molecule has 0 aromatic carbocycles. The molecule has 0 aromatic rings. The number of hydrogen-bond acceptors (Lipinski definition) is 3. The van der Waals surface area contributed by atoms with Crippen molar-refractivity contribution >= 4 is 5.97 Å². The molecule has 4 rings (SSSR count). The van der Waals surface area contributed by atoms with Gasteiger partial charge in [-0.3, -0.25) is 4.79 Å². The minimum Gasteiger partial charge on any atom is -0.495 e. The van der Waals surface area contributed by atoms with Crippen molar-refractivity contribution in [1.29, 1.82) is 0 Å². The maximum atomic E-state index is 12.8. The lowest BCUT2D eigenvalue weighted by molar-refractivity contribution is -0.205. The number of ether oxygens (including phenoxy) is 2. The third-order valence-corrected chi connectivity index (χ3v) is 5.17. The smallest absolute Gasteiger partial charge is 0.312 e. The van der Waals surface area contributed by atoms with E-state index in [1.807, 2.05) is 20.8 Å². The first-order chi connectivity index (χ1) is 9.26. The Hall–Kier alpha value is -0.990.